The summed E-state index contributed by atoms with van der Waals surface area (Å²) < 4.78 is 32.6. The van der Waals surface area contributed by atoms with E-state index >= 15 is 0 Å². The van der Waals surface area contributed by atoms with Gasteiger partial charge in [-0.05, 0) is 25.2 Å². The molecule has 1 aliphatic rings. The number of carbonyl (C=O) groups excluding carboxylic acids is 1. The van der Waals surface area contributed by atoms with Crippen molar-refractivity contribution in [3.8, 4) is 0 Å². The fraction of sp³-hybridized carbons (Fsp3) is 0.500. The van der Waals surface area contributed by atoms with Crippen LogP contribution in [-0.2, 0) is 14.8 Å². The summed E-state index contributed by atoms with van der Waals surface area (Å²) in [6.07, 6.45) is -0.401. The quantitative estimate of drug-likeness (QED) is 0.809. The molecule has 2 N–H and O–H groups in total. The lowest BCUT2D eigenvalue weighted by molar-refractivity contribution is -0.00675. The minimum atomic E-state index is -3.66. The first-order valence-corrected chi connectivity index (χ1v) is 9.16. The Morgan fingerprint density at radius 2 is 2.22 bits per heavy atom. The zero-order chi connectivity index (χ0) is 17.0. The fourth-order valence-electron chi connectivity index (χ4n) is 2.35. The number of anilines is 1. The molecule has 0 unspecified atom stereocenters. The number of carbonyl (C=O) groups is 1. The predicted molar refractivity (Wildman–Crippen MR) is 89.5 cm³/mol. The van der Waals surface area contributed by atoms with E-state index in [1.165, 1.54) is 25.2 Å². The van der Waals surface area contributed by atoms with Crippen molar-refractivity contribution in [1.82, 2.24) is 10.2 Å². The largest absolute Gasteiger partial charge is 0.374 e. The number of hydrogen-bond acceptors (Lipinski definition) is 5. The van der Waals surface area contributed by atoms with Crippen molar-refractivity contribution in [3.63, 3.8) is 0 Å². The van der Waals surface area contributed by atoms with E-state index in [-0.39, 0.29) is 17.0 Å². The van der Waals surface area contributed by atoms with Crippen molar-refractivity contribution in [2.75, 3.05) is 44.3 Å². The smallest absolute Gasteiger partial charge is 0.253 e. The summed E-state index contributed by atoms with van der Waals surface area (Å²) >= 11 is 5.88. The normalized spacial score (nSPS) is 19.3. The van der Waals surface area contributed by atoms with Gasteiger partial charge in [-0.2, -0.15) is 0 Å². The second-order valence-corrected chi connectivity index (χ2v) is 7.61. The van der Waals surface area contributed by atoms with E-state index in [1.807, 2.05) is 11.9 Å². The molecule has 0 bridgehead atoms. The molecule has 1 aliphatic heterocycles. The van der Waals surface area contributed by atoms with Gasteiger partial charge in [0.25, 0.3) is 5.91 Å². The van der Waals surface area contributed by atoms with Gasteiger partial charge >= 0.3 is 0 Å². The molecule has 0 saturated carbocycles. The van der Waals surface area contributed by atoms with E-state index in [4.69, 9.17) is 16.3 Å². The molecule has 0 aliphatic carbocycles. The summed E-state index contributed by atoms with van der Waals surface area (Å²) in [4.78, 5) is 13.9. The number of nitrogens with one attached hydrogen (secondary N) is 2. The molecular formula is C14H20ClN3O4S. The number of hydrogen-bond donors (Lipinski definition) is 2. The molecule has 9 heteroatoms. The average molecular weight is 362 g/mol. The Labute approximate surface area is 141 Å². The van der Waals surface area contributed by atoms with Crippen LogP contribution < -0.4 is 10.0 Å². The molecule has 1 fully saturated rings. The summed E-state index contributed by atoms with van der Waals surface area (Å²) in [6, 6.07) is 4.41. The van der Waals surface area contributed by atoms with Crippen LogP contribution in [0.3, 0.4) is 0 Å². The van der Waals surface area contributed by atoms with Gasteiger partial charge in [0.15, 0.2) is 0 Å². The molecule has 128 valence electrons. The highest BCUT2D eigenvalue weighted by molar-refractivity contribution is 7.92. The number of sulfonamides is 1. The van der Waals surface area contributed by atoms with Crippen molar-refractivity contribution in [1.29, 1.82) is 0 Å². The molecule has 2 rings (SSSR count). The zero-order valence-electron chi connectivity index (χ0n) is 13.0. The van der Waals surface area contributed by atoms with E-state index in [2.05, 4.69) is 10.0 Å². The van der Waals surface area contributed by atoms with Gasteiger partial charge in [-0.25, -0.2) is 8.42 Å². The van der Waals surface area contributed by atoms with Gasteiger partial charge in [0.2, 0.25) is 10.0 Å². The van der Waals surface area contributed by atoms with Gasteiger partial charge in [-0.3, -0.25) is 9.52 Å². The van der Waals surface area contributed by atoms with Crippen LogP contribution in [0.4, 0.5) is 5.69 Å². The Morgan fingerprint density at radius 3 is 2.87 bits per heavy atom. The maximum Gasteiger partial charge on any atom is 0.253 e. The van der Waals surface area contributed by atoms with Crippen LogP contribution >= 0.6 is 11.6 Å². The number of likely N-dealkylation sites (N-methyl/N-ethyl adjacent to an activating group) is 1. The van der Waals surface area contributed by atoms with Gasteiger partial charge in [0, 0.05) is 25.2 Å². The molecule has 1 saturated heterocycles. The highest BCUT2D eigenvalue weighted by Gasteiger charge is 2.25. The van der Waals surface area contributed by atoms with Crippen molar-refractivity contribution in [2.45, 2.75) is 6.10 Å². The molecule has 1 aromatic carbocycles. The Morgan fingerprint density at radius 1 is 1.48 bits per heavy atom. The van der Waals surface area contributed by atoms with Gasteiger partial charge in [0.1, 0.15) is 0 Å². The Hall–Kier alpha value is -1.35. The van der Waals surface area contributed by atoms with Gasteiger partial charge in [-0.1, -0.05) is 11.6 Å². The molecule has 1 aromatic rings. The third-order valence-electron chi connectivity index (χ3n) is 3.47. The Bertz CT molecular complexity index is 681. The monoisotopic (exact) mass is 361 g/mol. The first kappa shape index (κ1) is 18.0. The molecule has 1 amide bonds. The molecule has 1 heterocycles. The van der Waals surface area contributed by atoms with E-state index in [9.17, 15) is 13.2 Å². The lowest BCUT2D eigenvalue weighted by atomic mass is 10.2. The summed E-state index contributed by atoms with van der Waals surface area (Å²) in [5.74, 6) is -0.591. The third-order valence-corrected chi connectivity index (χ3v) is 5.04. The highest BCUT2D eigenvalue weighted by atomic mass is 35.5. The number of nitrogens with zero attached hydrogens (tertiary/aromatic N) is 1. The van der Waals surface area contributed by atoms with Crippen LogP contribution in [0.1, 0.15) is 10.4 Å². The summed E-state index contributed by atoms with van der Waals surface area (Å²) in [6.45, 7) is 1.83. The molecule has 0 spiro atoms. The first-order valence-electron chi connectivity index (χ1n) is 7.13. The van der Waals surface area contributed by atoms with Gasteiger partial charge in [-0.15, -0.1) is 0 Å². The van der Waals surface area contributed by atoms with Crippen LogP contribution in [-0.4, -0.2) is 64.9 Å². The number of halogens is 1. The fourth-order valence-corrected chi connectivity index (χ4v) is 3.81. The molecule has 0 aromatic heterocycles. The number of ether oxygens (including phenoxy) is 1. The minimum Gasteiger partial charge on any atom is -0.374 e. The van der Waals surface area contributed by atoms with Crippen LogP contribution in [0.5, 0.6) is 0 Å². The number of morpholine rings is 1. The Balaban J connectivity index is 2.15. The van der Waals surface area contributed by atoms with E-state index in [0.29, 0.717) is 18.2 Å². The average Bonchev–Trinajstić information content (AvgIpc) is 2.47. The molecule has 7 nitrogen and oxygen atoms in total. The van der Waals surface area contributed by atoms with Crippen LogP contribution in [0.2, 0.25) is 5.02 Å². The van der Waals surface area contributed by atoms with Crippen LogP contribution in [0.25, 0.3) is 0 Å². The molecule has 23 heavy (non-hydrogen) atoms. The highest BCUT2D eigenvalue weighted by Crippen LogP contribution is 2.22. The van der Waals surface area contributed by atoms with E-state index < -0.39 is 22.0 Å². The molecule has 1 atom stereocenters. The van der Waals surface area contributed by atoms with Crippen molar-refractivity contribution >= 4 is 33.2 Å². The molecular weight excluding hydrogens is 342 g/mol. The van der Waals surface area contributed by atoms with E-state index in [0.717, 1.165) is 6.54 Å². The van der Waals surface area contributed by atoms with Crippen molar-refractivity contribution in [2.24, 2.45) is 0 Å². The maximum absolute atomic E-state index is 12.3. The Kier molecular flexibility index (Phi) is 5.85. The summed E-state index contributed by atoms with van der Waals surface area (Å²) in [7, 11) is -0.279. The zero-order valence-corrected chi connectivity index (χ0v) is 14.6. The van der Waals surface area contributed by atoms with Crippen LogP contribution in [0.15, 0.2) is 18.2 Å². The SMILES string of the molecule is CNC(=O)c1cc(Cl)ccc1NS(=O)(=O)C[C@H]1CN(C)CCO1. The number of benzene rings is 1. The maximum atomic E-state index is 12.3. The number of amides is 1. The second kappa shape index (κ2) is 7.48. The van der Waals surface area contributed by atoms with Gasteiger partial charge in [0.05, 0.1) is 29.7 Å². The summed E-state index contributed by atoms with van der Waals surface area (Å²) in [5, 5.41) is 2.81. The predicted octanol–water partition coefficient (Wildman–Crippen LogP) is 0.772. The standard InChI is InChI=1S/C14H20ClN3O4S/c1-16-14(19)12-7-10(15)3-4-13(12)17-23(20,21)9-11-8-18(2)5-6-22-11/h3-4,7,11,17H,5-6,8-9H2,1-2H3,(H,16,19)/t11-/m1/s1. The van der Waals surface area contributed by atoms with Gasteiger partial charge < -0.3 is 15.0 Å². The summed E-state index contributed by atoms with van der Waals surface area (Å²) in [5.41, 5.74) is 0.364. The minimum absolute atomic E-state index is 0.172. The first-order chi connectivity index (χ1) is 10.8. The van der Waals surface area contributed by atoms with E-state index in [1.54, 1.807) is 0 Å². The lowest BCUT2D eigenvalue weighted by Crippen LogP contribution is -2.44. The molecule has 0 radical (unpaired) electrons. The topological polar surface area (TPSA) is 87.7 Å². The number of rotatable bonds is 5. The lowest BCUT2D eigenvalue weighted by Gasteiger charge is -2.29. The van der Waals surface area contributed by atoms with Crippen molar-refractivity contribution in [3.05, 3.63) is 28.8 Å². The van der Waals surface area contributed by atoms with Crippen molar-refractivity contribution < 1.29 is 17.9 Å². The third kappa shape index (κ3) is 5.07. The van der Waals surface area contributed by atoms with Crippen LogP contribution in [0, 0.1) is 0 Å². The second-order valence-electron chi connectivity index (χ2n) is 5.41.